The number of nitrogens with two attached hydrogens (primary N) is 1. The summed E-state index contributed by atoms with van der Waals surface area (Å²) in [5, 5.41) is 81.7. The number of aliphatic hydroxyl groups is 5. The molecule has 0 radical (unpaired) electrons. The lowest BCUT2D eigenvalue weighted by atomic mass is 9.99. The Hall–Kier alpha value is -9.63. The minimum atomic E-state index is -2.06. The molecule has 11 atom stereocenters. The number of fused-ring (bicyclic) bond motifs is 4. The van der Waals surface area contributed by atoms with Crippen molar-refractivity contribution in [3.63, 3.8) is 0 Å². The number of carboxylic acids is 1. The normalized spacial score (nSPS) is 22.8. The molecule has 10 N–H and O–H groups in total. The molecule has 0 aliphatic carbocycles. The number of aliphatic carboxylic acids is 1. The highest BCUT2D eigenvalue weighted by Crippen LogP contribution is 2.45. The van der Waals surface area contributed by atoms with Gasteiger partial charge in [-0.1, -0.05) is 43.2 Å². The zero-order valence-corrected chi connectivity index (χ0v) is 52.2. The van der Waals surface area contributed by atoms with Crippen LogP contribution in [0.3, 0.4) is 0 Å². The molecule has 31 nitrogen and oxygen atoms in total. The van der Waals surface area contributed by atoms with Crippen LogP contribution in [-0.4, -0.2) is 182 Å². The highest BCUT2D eigenvalue weighted by Gasteiger charge is 2.50. The van der Waals surface area contributed by atoms with Crippen molar-refractivity contribution in [2.45, 2.75) is 147 Å². The van der Waals surface area contributed by atoms with E-state index >= 15 is 0 Å². The average Bonchev–Trinajstić information content (AvgIpc) is 1.58. The Morgan fingerprint density at radius 3 is 1.65 bits per heavy atom. The fourth-order valence-electron chi connectivity index (χ4n) is 11.2. The number of nitrogens with one attached hydrogen (secondary N) is 2. The molecular weight excluding hydrogens is 1240 g/mol. The summed E-state index contributed by atoms with van der Waals surface area (Å²) in [7, 11) is 2.73. The Balaban J connectivity index is 0.848. The van der Waals surface area contributed by atoms with E-state index in [0.29, 0.717) is 30.5 Å². The summed E-state index contributed by atoms with van der Waals surface area (Å²) in [5.74, 6) is -3.97. The number of hydrogen-bond acceptors (Lipinski definition) is 23. The Labute approximate surface area is 537 Å². The Morgan fingerprint density at radius 2 is 1.17 bits per heavy atom. The van der Waals surface area contributed by atoms with Gasteiger partial charge < -0.3 is 94.7 Å². The first-order chi connectivity index (χ1) is 44.7. The van der Waals surface area contributed by atoms with Crippen LogP contribution in [0.25, 0.3) is 0 Å². The molecule has 1 fully saturated rings. The number of benzene rings is 4. The smallest absolute Gasteiger partial charge is 0.416 e. The van der Waals surface area contributed by atoms with E-state index < -0.39 is 132 Å². The molecule has 1 saturated heterocycles. The number of nitrogens with zero attached hydrogens (tertiary/aromatic N) is 5. The third-order valence-electron chi connectivity index (χ3n) is 16.4. The van der Waals surface area contributed by atoms with Crippen LogP contribution >= 0.6 is 0 Å². The molecule has 5 aliphatic rings. The second-order valence-electron chi connectivity index (χ2n) is 23.5. The molecule has 0 aromatic heterocycles. The molecule has 5 heterocycles. The van der Waals surface area contributed by atoms with Crippen molar-refractivity contribution in [2.24, 2.45) is 11.7 Å². The number of hydrogen-bond donors (Lipinski definition) is 9. The first-order valence-corrected chi connectivity index (χ1v) is 30.0. The van der Waals surface area contributed by atoms with Crippen LogP contribution in [0, 0.1) is 16.0 Å². The van der Waals surface area contributed by atoms with Gasteiger partial charge in [-0.3, -0.25) is 29.3 Å². The molecule has 0 spiro atoms. The van der Waals surface area contributed by atoms with E-state index in [2.05, 4.69) is 10.6 Å². The quantitative estimate of drug-likeness (QED) is 0.0286. The lowest BCUT2D eigenvalue weighted by Crippen LogP contribution is -2.61. The van der Waals surface area contributed by atoms with Gasteiger partial charge in [0, 0.05) is 36.3 Å². The number of nitro benzene ring substituents is 1. The minimum absolute atomic E-state index is 0.00732. The third-order valence-corrected chi connectivity index (χ3v) is 16.4. The predicted molar refractivity (Wildman–Crippen MR) is 328 cm³/mol. The van der Waals surface area contributed by atoms with Gasteiger partial charge in [0.1, 0.15) is 37.6 Å². The van der Waals surface area contributed by atoms with Crippen molar-refractivity contribution < 1.29 is 107 Å². The largest absolute Gasteiger partial charge is 0.493 e. The number of anilines is 3. The minimum Gasteiger partial charge on any atom is -0.493 e. The van der Waals surface area contributed by atoms with Crippen LogP contribution in [0.5, 0.6) is 28.7 Å². The van der Waals surface area contributed by atoms with E-state index in [4.69, 9.17) is 43.6 Å². The van der Waals surface area contributed by atoms with Gasteiger partial charge in [-0.25, -0.2) is 24.2 Å². The summed E-state index contributed by atoms with van der Waals surface area (Å²) in [6.07, 6.45) is -10.7. The number of ether oxygens (including phenoxy) is 8. The second kappa shape index (κ2) is 29.1. The summed E-state index contributed by atoms with van der Waals surface area (Å²) >= 11 is 0. The fraction of sp³-hybridized carbons (Fsp3) is 0.444. The molecule has 4 aromatic carbocycles. The lowest BCUT2D eigenvalue weighted by Gasteiger charge is -2.38. The first-order valence-electron chi connectivity index (χ1n) is 30.0. The lowest BCUT2D eigenvalue weighted by molar-refractivity contribution is -0.387. The molecule has 4 aromatic rings. The van der Waals surface area contributed by atoms with E-state index in [-0.39, 0.29) is 89.6 Å². The van der Waals surface area contributed by atoms with Crippen LogP contribution in [-0.2, 0) is 41.8 Å². The summed E-state index contributed by atoms with van der Waals surface area (Å²) in [6, 6.07) is 11.7. The number of aliphatic hydroxyl groups excluding tert-OH is 5. The molecule has 31 heteroatoms. The van der Waals surface area contributed by atoms with Gasteiger partial charge in [-0.15, -0.1) is 0 Å². The molecule has 0 unspecified atom stereocenters. The maximum absolute atomic E-state index is 14.3. The van der Waals surface area contributed by atoms with E-state index in [0.717, 1.165) is 33.1 Å². The van der Waals surface area contributed by atoms with Gasteiger partial charge in [0.05, 0.1) is 73.0 Å². The molecular formula is C63H74N8O23. The highest BCUT2D eigenvalue weighted by atomic mass is 16.7. The second-order valence-corrected chi connectivity index (χ2v) is 23.5. The van der Waals surface area contributed by atoms with Gasteiger partial charge in [0.15, 0.2) is 47.3 Å². The maximum Gasteiger partial charge on any atom is 0.416 e. The standard InChI is InChI=1S/C63H74N8O23/c1-30(2)49(64)55(76)65-33(5)54(75)66-36-14-11-34(12-15-36)28-91-62(83)69-39-24-47(45(87-6)22-37(39)56(77)67-26-31(3)19-42(67)58(69)79)89-17-9-8-10-18-90-48-25-40-38(23-46(48)88-7)57(78)68-27-32(4)20-43(68)59(80)70(40)63(84)92-29-35-13-16-44(41(21-35)71(85)86)93-61-52(74)50(72)51(73)53(94-61)60(81)82/h11-16,21-27,30,33,42-43,49-53,58-59,61,72-74,79-80H,8-10,17-20,28-29,64H2,1-7H3,(H,65,76)(H,66,75)(H,81,82)/t33-,42-,43-,49-,50-,51-,52+,53-,58-,59-,61+/m0/s1. The topological polar surface area (TPSA) is 421 Å². The number of rotatable bonds is 23. The maximum atomic E-state index is 14.3. The van der Waals surface area contributed by atoms with Gasteiger partial charge >= 0.3 is 23.8 Å². The SMILES string of the molecule is COc1cc2c(cc1OCCCCCOc1cc3c(cc1OC)C(=O)N1C=C(C)C[C@H]1[C@H](O)N3C(=O)OCc1ccc(O[C@@H]3O[C@H](C(=O)O)[C@@H](O)[C@H](O)[C@H]3O)c([N+](=O)[O-])c1)N(C(=O)OCc1ccc(NC(=O)[C@H](C)NC(=O)[C@@H](N)C(C)C)cc1)[C@@H](O)[C@@H]1CC(C)=CN1C2=O. The molecule has 504 valence electrons. The zero-order chi connectivity index (χ0) is 68.1. The van der Waals surface area contributed by atoms with Crippen molar-refractivity contribution in [1.29, 1.82) is 0 Å². The van der Waals surface area contributed by atoms with Gasteiger partial charge in [0.2, 0.25) is 18.1 Å². The summed E-state index contributed by atoms with van der Waals surface area (Å²) in [5.41, 5.74) is 7.41. The van der Waals surface area contributed by atoms with Crippen molar-refractivity contribution in [2.75, 3.05) is 42.5 Å². The van der Waals surface area contributed by atoms with E-state index in [9.17, 15) is 74.3 Å². The number of carboxylic acid groups (broad SMARTS) is 1. The van der Waals surface area contributed by atoms with Gasteiger partial charge in [-0.2, -0.15) is 0 Å². The van der Waals surface area contributed by atoms with Crippen LogP contribution in [0.15, 0.2) is 90.3 Å². The predicted octanol–water partition coefficient (Wildman–Crippen LogP) is 4.12. The van der Waals surface area contributed by atoms with Crippen molar-refractivity contribution in [3.8, 4) is 28.7 Å². The summed E-state index contributed by atoms with van der Waals surface area (Å²) in [4.78, 5) is 110. The molecule has 5 aliphatic heterocycles. The fourth-order valence-corrected chi connectivity index (χ4v) is 11.2. The number of carbonyl (C=O) groups is 7. The van der Waals surface area contributed by atoms with E-state index in [1.165, 1.54) is 61.3 Å². The monoisotopic (exact) mass is 1310 g/mol. The van der Waals surface area contributed by atoms with Crippen LogP contribution < -0.4 is 49.9 Å². The number of unbranched alkanes of at least 4 members (excludes halogenated alkanes) is 2. The average molecular weight is 1310 g/mol. The van der Waals surface area contributed by atoms with Crippen LogP contribution in [0.4, 0.5) is 32.3 Å². The molecule has 6 amide bonds. The molecule has 94 heavy (non-hydrogen) atoms. The van der Waals surface area contributed by atoms with Crippen molar-refractivity contribution >= 4 is 64.5 Å². The summed E-state index contributed by atoms with van der Waals surface area (Å²) in [6.45, 7) is 7.88. The Bertz CT molecular complexity index is 3640. The summed E-state index contributed by atoms with van der Waals surface area (Å²) < 4.78 is 45.7. The zero-order valence-electron chi connectivity index (χ0n) is 52.2. The molecule has 0 bridgehead atoms. The Kier molecular flexibility index (Phi) is 21.3. The molecule has 0 saturated carbocycles. The van der Waals surface area contributed by atoms with Crippen LogP contribution in [0.2, 0.25) is 0 Å². The van der Waals surface area contributed by atoms with E-state index in [1.54, 1.807) is 64.4 Å². The van der Waals surface area contributed by atoms with Crippen molar-refractivity contribution in [3.05, 3.63) is 123 Å². The third kappa shape index (κ3) is 14.6. The van der Waals surface area contributed by atoms with Gasteiger partial charge in [0.25, 0.3) is 11.8 Å². The van der Waals surface area contributed by atoms with Crippen molar-refractivity contribution in [1.82, 2.24) is 15.1 Å². The number of nitro groups is 1. The number of carbonyl (C=O) groups excluding carboxylic acids is 6. The van der Waals surface area contributed by atoms with Crippen LogP contribution in [0.1, 0.15) is 98.6 Å². The number of methoxy groups -OCH3 is 2. The van der Waals surface area contributed by atoms with Gasteiger partial charge in [-0.05, 0) is 100 Å². The first kappa shape index (κ1) is 68.7. The Morgan fingerprint density at radius 1 is 0.670 bits per heavy atom. The number of amides is 6. The molecule has 9 rings (SSSR count). The highest BCUT2D eigenvalue weighted by molar-refractivity contribution is 6.08. The van der Waals surface area contributed by atoms with E-state index in [1.807, 2.05) is 0 Å².